The van der Waals surface area contributed by atoms with Crippen LogP contribution < -0.4 is 16.0 Å². The van der Waals surface area contributed by atoms with Crippen molar-refractivity contribution in [2.45, 2.75) is 19.1 Å². The van der Waals surface area contributed by atoms with Gasteiger partial charge >= 0.3 is 0 Å². The maximum Gasteiger partial charge on any atom is 0.270 e. The van der Waals surface area contributed by atoms with E-state index in [1.54, 1.807) is 24.9 Å². The van der Waals surface area contributed by atoms with Gasteiger partial charge in [-0.3, -0.25) is 14.3 Å². The van der Waals surface area contributed by atoms with E-state index in [0.717, 1.165) is 26.1 Å². The van der Waals surface area contributed by atoms with Gasteiger partial charge in [0.2, 0.25) is 5.88 Å². The first-order valence-corrected chi connectivity index (χ1v) is 8.50. The fourth-order valence-corrected chi connectivity index (χ4v) is 3.37. The Labute approximate surface area is 146 Å². The van der Waals surface area contributed by atoms with Crippen molar-refractivity contribution in [2.75, 3.05) is 40.4 Å². The molecule has 2 aromatic rings. The fourth-order valence-electron chi connectivity index (χ4n) is 3.37. The van der Waals surface area contributed by atoms with E-state index in [2.05, 4.69) is 14.9 Å². The molecular formula is C17H25N5O3. The molecule has 0 radical (unpaired) electrons. The van der Waals surface area contributed by atoms with Gasteiger partial charge in [0.15, 0.2) is 5.65 Å². The zero-order chi connectivity index (χ0) is 17.8. The van der Waals surface area contributed by atoms with Crippen molar-refractivity contribution in [3.8, 4) is 5.88 Å². The summed E-state index contributed by atoms with van der Waals surface area (Å²) in [6.07, 6.45) is 2.51. The van der Waals surface area contributed by atoms with Gasteiger partial charge in [-0.1, -0.05) is 0 Å². The number of hydrogen-bond donors (Lipinski definition) is 1. The lowest BCUT2D eigenvalue weighted by atomic mass is 9.96. The first-order valence-electron chi connectivity index (χ1n) is 8.50. The molecule has 0 amide bonds. The van der Waals surface area contributed by atoms with Crippen molar-refractivity contribution < 1.29 is 9.47 Å². The third-order valence-electron chi connectivity index (χ3n) is 4.75. The minimum absolute atomic E-state index is 0.163. The molecule has 8 nitrogen and oxygen atoms in total. The Morgan fingerprint density at radius 3 is 2.84 bits per heavy atom. The Balaban J connectivity index is 1.80. The molecule has 3 rings (SSSR count). The molecular weight excluding hydrogens is 322 g/mol. The molecule has 0 unspecified atom stereocenters. The average Bonchev–Trinajstić information content (AvgIpc) is 2.66. The summed E-state index contributed by atoms with van der Waals surface area (Å²) in [5.74, 6) is 0.886. The third-order valence-corrected chi connectivity index (χ3v) is 4.75. The lowest BCUT2D eigenvalue weighted by molar-refractivity contribution is 0.00811. The van der Waals surface area contributed by atoms with Gasteiger partial charge in [-0.15, -0.1) is 0 Å². The number of pyridine rings is 1. The van der Waals surface area contributed by atoms with Crippen LogP contribution in [0, 0.1) is 5.92 Å². The van der Waals surface area contributed by atoms with E-state index in [4.69, 9.17) is 15.2 Å². The molecule has 0 aromatic carbocycles. The van der Waals surface area contributed by atoms with Crippen LogP contribution in [0.1, 0.15) is 6.42 Å². The Bertz CT molecular complexity index is 766. The van der Waals surface area contributed by atoms with Crippen molar-refractivity contribution in [2.24, 2.45) is 11.7 Å². The van der Waals surface area contributed by atoms with Crippen molar-refractivity contribution in [3.05, 3.63) is 28.7 Å². The number of hydrogen-bond acceptors (Lipinski definition) is 7. The number of methoxy groups -OCH3 is 2. The van der Waals surface area contributed by atoms with Gasteiger partial charge in [0.05, 0.1) is 19.4 Å². The van der Waals surface area contributed by atoms with Crippen LogP contribution in [-0.2, 0) is 11.3 Å². The van der Waals surface area contributed by atoms with Crippen LogP contribution in [0.25, 0.3) is 11.2 Å². The Kier molecular flexibility index (Phi) is 5.62. The molecule has 8 heteroatoms. The highest BCUT2D eigenvalue weighted by Crippen LogP contribution is 2.18. The zero-order valence-corrected chi connectivity index (χ0v) is 14.7. The average molecular weight is 347 g/mol. The minimum atomic E-state index is -0.163. The van der Waals surface area contributed by atoms with E-state index in [0.29, 0.717) is 36.1 Å². The molecule has 0 spiro atoms. The highest BCUT2D eigenvalue weighted by Gasteiger charge is 2.26. The van der Waals surface area contributed by atoms with Crippen LogP contribution in [0.3, 0.4) is 0 Å². The summed E-state index contributed by atoms with van der Waals surface area (Å²) in [6.45, 7) is 3.68. The van der Waals surface area contributed by atoms with Crippen molar-refractivity contribution >= 4 is 11.2 Å². The summed E-state index contributed by atoms with van der Waals surface area (Å²) in [4.78, 5) is 23.2. The van der Waals surface area contributed by atoms with Gasteiger partial charge < -0.3 is 15.2 Å². The summed E-state index contributed by atoms with van der Waals surface area (Å²) in [5.41, 5.74) is 6.91. The molecule has 136 valence electrons. The zero-order valence-electron chi connectivity index (χ0n) is 14.7. The maximum absolute atomic E-state index is 12.3. The molecule has 2 N–H and O–H groups in total. The van der Waals surface area contributed by atoms with E-state index in [9.17, 15) is 4.79 Å². The summed E-state index contributed by atoms with van der Waals surface area (Å²) in [7, 11) is 3.29. The number of rotatable bonds is 6. The van der Waals surface area contributed by atoms with Crippen LogP contribution in [0.15, 0.2) is 23.1 Å². The number of fused-ring (bicyclic) bond motifs is 1. The summed E-state index contributed by atoms with van der Waals surface area (Å²) < 4.78 is 12.4. The molecule has 1 aliphatic heterocycles. The largest absolute Gasteiger partial charge is 0.481 e. The molecule has 2 aromatic heterocycles. The van der Waals surface area contributed by atoms with Crippen LogP contribution in [0.2, 0.25) is 0 Å². The van der Waals surface area contributed by atoms with Crippen LogP contribution >= 0.6 is 0 Å². The predicted molar refractivity (Wildman–Crippen MR) is 94.7 cm³/mol. The maximum atomic E-state index is 12.3. The second kappa shape index (κ2) is 7.90. The van der Waals surface area contributed by atoms with E-state index >= 15 is 0 Å². The summed E-state index contributed by atoms with van der Waals surface area (Å²) in [5, 5.41) is 0. The Hall–Kier alpha value is -2.03. The van der Waals surface area contributed by atoms with Gasteiger partial charge in [-0.05, 0) is 24.9 Å². The molecule has 1 aliphatic rings. The molecule has 1 fully saturated rings. The molecule has 1 saturated heterocycles. The van der Waals surface area contributed by atoms with Gasteiger partial charge in [-0.25, -0.2) is 4.98 Å². The van der Waals surface area contributed by atoms with Crippen molar-refractivity contribution in [1.29, 1.82) is 0 Å². The third kappa shape index (κ3) is 3.97. The lowest BCUT2D eigenvalue weighted by Crippen LogP contribution is -2.47. The highest BCUT2D eigenvalue weighted by atomic mass is 16.5. The number of piperidine rings is 1. The SMILES string of the molecule is COc1ccc2ncc(=O)n(CCN3C[C@H](CN)C[C@H](OC)C3)c2n1. The van der Waals surface area contributed by atoms with Gasteiger partial charge in [-0.2, -0.15) is 4.98 Å². The second-order valence-electron chi connectivity index (χ2n) is 6.40. The molecule has 0 saturated carbocycles. The van der Waals surface area contributed by atoms with Gasteiger partial charge in [0, 0.05) is 39.4 Å². The fraction of sp³-hybridized carbons (Fsp3) is 0.588. The monoisotopic (exact) mass is 347 g/mol. The minimum Gasteiger partial charge on any atom is -0.481 e. The number of likely N-dealkylation sites (tertiary alicyclic amines) is 1. The first-order chi connectivity index (χ1) is 12.1. The van der Waals surface area contributed by atoms with Crippen LogP contribution in [0.5, 0.6) is 5.88 Å². The quantitative estimate of drug-likeness (QED) is 0.791. The molecule has 0 bridgehead atoms. The van der Waals surface area contributed by atoms with Crippen molar-refractivity contribution in [1.82, 2.24) is 19.4 Å². The summed E-state index contributed by atoms with van der Waals surface area (Å²) in [6, 6.07) is 3.55. The number of aromatic nitrogens is 3. The molecule has 2 atom stereocenters. The number of nitrogens with two attached hydrogens (primary N) is 1. The van der Waals surface area contributed by atoms with Crippen LogP contribution in [0.4, 0.5) is 0 Å². The Morgan fingerprint density at radius 1 is 1.28 bits per heavy atom. The molecule has 0 aliphatic carbocycles. The van der Waals surface area contributed by atoms with E-state index in [-0.39, 0.29) is 11.7 Å². The van der Waals surface area contributed by atoms with E-state index in [1.807, 2.05) is 6.07 Å². The predicted octanol–water partition coefficient (Wildman–Crippen LogP) is 0.0957. The number of ether oxygens (including phenoxy) is 2. The lowest BCUT2D eigenvalue weighted by Gasteiger charge is -2.36. The van der Waals surface area contributed by atoms with Gasteiger partial charge in [0.1, 0.15) is 5.52 Å². The smallest absolute Gasteiger partial charge is 0.270 e. The second-order valence-corrected chi connectivity index (χ2v) is 6.40. The standard InChI is InChI=1S/C17H25N5O3/c1-24-13-7-12(8-18)10-21(11-13)5-6-22-16(23)9-19-14-3-4-15(25-2)20-17(14)22/h3-4,9,12-13H,5-8,10-11,18H2,1-2H3/t12-,13-/m0/s1. The summed E-state index contributed by atoms with van der Waals surface area (Å²) >= 11 is 0. The topological polar surface area (TPSA) is 95.5 Å². The first kappa shape index (κ1) is 17.8. The Morgan fingerprint density at radius 2 is 2.12 bits per heavy atom. The van der Waals surface area contributed by atoms with Crippen molar-refractivity contribution in [3.63, 3.8) is 0 Å². The van der Waals surface area contributed by atoms with E-state index in [1.165, 1.54) is 6.20 Å². The van der Waals surface area contributed by atoms with Gasteiger partial charge in [0.25, 0.3) is 5.56 Å². The molecule has 25 heavy (non-hydrogen) atoms. The molecule has 3 heterocycles. The normalized spacial score (nSPS) is 21.6. The highest BCUT2D eigenvalue weighted by molar-refractivity contribution is 5.70. The van der Waals surface area contributed by atoms with E-state index < -0.39 is 0 Å². The van der Waals surface area contributed by atoms with Crippen LogP contribution in [-0.4, -0.2) is 65.9 Å². The number of nitrogens with zero attached hydrogens (tertiary/aromatic N) is 4.